The van der Waals surface area contributed by atoms with Crippen LogP contribution in [0.25, 0.3) is 22.2 Å². The Labute approximate surface area is 208 Å². The lowest BCUT2D eigenvalue weighted by atomic mass is 10.1. The van der Waals surface area contributed by atoms with Gasteiger partial charge in [-0.15, -0.1) is 0 Å². The number of hydrogen-bond donors (Lipinski definition) is 1. The number of rotatable bonds is 6. The van der Waals surface area contributed by atoms with Crippen LogP contribution in [-0.4, -0.2) is 40.4 Å². The van der Waals surface area contributed by atoms with Crippen LogP contribution < -0.4 is 14.4 Å². The summed E-state index contributed by atoms with van der Waals surface area (Å²) in [5.74, 6) is 2.14. The lowest BCUT2D eigenvalue weighted by Crippen LogP contribution is -2.18. The third-order valence-corrected chi connectivity index (χ3v) is 6.97. The lowest BCUT2D eigenvalue weighted by molar-refractivity contribution is 0.216. The maximum Gasteiger partial charge on any atom is 0.162 e. The number of aromatic nitrogens is 4. The summed E-state index contributed by atoms with van der Waals surface area (Å²) in [5, 5.41) is 9.49. The number of methoxy groups -OCH3 is 1. The number of nitrogens with zero attached hydrogens (tertiary/aromatic N) is 4. The SMILES string of the molecule is COc1cc2[nH]nc(-c3ccc(N4CCCC4)nc3)c2cc1OC(C)c1c(Cl)cnc(C)c1Cl. The van der Waals surface area contributed by atoms with Crippen LogP contribution in [-0.2, 0) is 0 Å². The Hall–Kier alpha value is -3.03. The molecule has 3 aromatic heterocycles. The molecule has 0 bridgehead atoms. The fraction of sp³-hybridized carbons (Fsp3) is 0.320. The van der Waals surface area contributed by atoms with Crippen molar-refractivity contribution < 1.29 is 9.47 Å². The van der Waals surface area contributed by atoms with Gasteiger partial charge in [0.25, 0.3) is 0 Å². The van der Waals surface area contributed by atoms with Gasteiger partial charge in [-0.1, -0.05) is 23.2 Å². The number of aryl methyl sites for hydroxylation is 1. The molecule has 0 saturated carbocycles. The van der Waals surface area contributed by atoms with Gasteiger partial charge in [0.1, 0.15) is 17.6 Å². The minimum absolute atomic E-state index is 0.426. The van der Waals surface area contributed by atoms with Crippen molar-refractivity contribution in [3.05, 3.63) is 58.0 Å². The molecule has 0 spiro atoms. The topological polar surface area (TPSA) is 76.2 Å². The molecule has 1 aliphatic heterocycles. The molecular formula is C25H25Cl2N5O2. The highest BCUT2D eigenvalue weighted by molar-refractivity contribution is 6.36. The molecule has 1 saturated heterocycles. The number of hydrogen-bond acceptors (Lipinski definition) is 6. The van der Waals surface area contributed by atoms with E-state index in [0.29, 0.717) is 32.8 Å². The van der Waals surface area contributed by atoms with E-state index in [1.165, 1.54) is 12.8 Å². The zero-order chi connectivity index (χ0) is 23.8. The first kappa shape index (κ1) is 22.7. The van der Waals surface area contributed by atoms with Crippen LogP contribution in [0.5, 0.6) is 11.5 Å². The molecule has 9 heteroatoms. The van der Waals surface area contributed by atoms with Crippen molar-refractivity contribution >= 4 is 39.9 Å². The first-order valence-electron chi connectivity index (χ1n) is 11.2. The van der Waals surface area contributed by atoms with Crippen LogP contribution in [0.15, 0.2) is 36.7 Å². The molecule has 5 rings (SSSR count). The van der Waals surface area contributed by atoms with E-state index >= 15 is 0 Å². The van der Waals surface area contributed by atoms with Crippen molar-refractivity contribution in [1.29, 1.82) is 0 Å². The summed E-state index contributed by atoms with van der Waals surface area (Å²) >= 11 is 12.9. The van der Waals surface area contributed by atoms with E-state index in [0.717, 1.165) is 41.1 Å². The third-order valence-electron chi connectivity index (χ3n) is 6.19. The van der Waals surface area contributed by atoms with E-state index in [-0.39, 0.29) is 0 Å². The Kier molecular flexibility index (Phi) is 6.23. The summed E-state index contributed by atoms with van der Waals surface area (Å²) < 4.78 is 11.9. The maximum atomic E-state index is 6.49. The van der Waals surface area contributed by atoms with Crippen LogP contribution in [0.1, 0.15) is 37.1 Å². The molecule has 4 heterocycles. The summed E-state index contributed by atoms with van der Waals surface area (Å²) in [4.78, 5) is 11.2. The summed E-state index contributed by atoms with van der Waals surface area (Å²) in [6.07, 6.45) is 5.46. The van der Waals surface area contributed by atoms with Crippen molar-refractivity contribution in [3.63, 3.8) is 0 Å². The number of pyridine rings is 2. The predicted molar refractivity (Wildman–Crippen MR) is 135 cm³/mol. The molecule has 0 amide bonds. The van der Waals surface area contributed by atoms with Gasteiger partial charge in [-0.05, 0) is 44.9 Å². The number of aromatic amines is 1. The van der Waals surface area contributed by atoms with Crippen LogP contribution in [0.4, 0.5) is 5.82 Å². The van der Waals surface area contributed by atoms with Crippen molar-refractivity contribution in [2.45, 2.75) is 32.8 Å². The molecule has 7 nitrogen and oxygen atoms in total. The highest BCUT2D eigenvalue weighted by Gasteiger charge is 2.21. The van der Waals surface area contributed by atoms with Gasteiger partial charge >= 0.3 is 0 Å². The predicted octanol–water partition coefficient (Wildman–Crippen LogP) is 6.38. The van der Waals surface area contributed by atoms with Crippen molar-refractivity contribution in [2.75, 3.05) is 25.1 Å². The van der Waals surface area contributed by atoms with Gasteiger partial charge in [0.2, 0.25) is 0 Å². The molecular weight excluding hydrogens is 473 g/mol. The lowest BCUT2D eigenvalue weighted by Gasteiger charge is -2.20. The van der Waals surface area contributed by atoms with E-state index in [1.807, 2.05) is 32.2 Å². The molecule has 1 atom stereocenters. The average Bonchev–Trinajstić information content (AvgIpc) is 3.51. The Balaban J connectivity index is 1.50. The van der Waals surface area contributed by atoms with Gasteiger partial charge in [0, 0.05) is 48.1 Å². The van der Waals surface area contributed by atoms with E-state index in [2.05, 4.69) is 37.2 Å². The molecule has 1 N–H and O–H groups in total. The summed E-state index contributed by atoms with van der Waals surface area (Å²) in [6.45, 7) is 5.85. The van der Waals surface area contributed by atoms with Crippen molar-refractivity contribution in [3.8, 4) is 22.8 Å². The van der Waals surface area contributed by atoms with E-state index < -0.39 is 6.10 Å². The zero-order valence-corrected chi connectivity index (χ0v) is 20.7. The summed E-state index contributed by atoms with van der Waals surface area (Å²) in [5.41, 5.74) is 3.94. The van der Waals surface area contributed by atoms with Gasteiger partial charge in [-0.2, -0.15) is 5.10 Å². The molecule has 1 aromatic carbocycles. The van der Waals surface area contributed by atoms with Gasteiger partial charge < -0.3 is 14.4 Å². The number of nitrogens with one attached hydrogen (secondary N) is 1. The largest absolute Gasteiger partial charge is 0.493 e. The molecule has 0 radical (unpaired) electrons. The zero-order valence-electron chi connectivity index (χ0n) is 19.2. The summed E-state index contributed by atoms with van der Waals surface area (Å²) in [6, 6.07) is 7.91. The first-order valence-corrected chi connectivity index (χ1v) is 12.0. The van der Waals surface area contributed by atoms with Gasteiger partial charge in [0.05, 0.1) is 28.4 Å². The molecule has 1 unspecified atom stereocenters. The quantitative estimate of drug-likeness (QED) is 0.332. The van der Waals surface area contributed by atoms with E-state index in [4.69, 9.17) is 32.7 Å². The first-order chi connectivity index (χ1) is 16.5. The molecule has 34 heavy (non-hydrogen) atoms. The normalized spacial score (nSPS) is 14.6. The summed E-state index contributed by atoms with van der Waals surface area (Å²) in [7, 11) is 1.60. The molecule has 0 aliphatic carbocycles. The molecule has 1 fully saturated rings. The van der Waals surface area contributed by atoms with E-state index in [9.17, 15) is 0 Å². The second-order valence-electron chi connectivity index (χ2n) is 8.40. The Morgan fingerprint density at radius 1 is 1.06 bits per heavy atom. The van der Waals surface area contributed by atoms with Crippen molar-refractivity contribution in [2.24, 2.45) is 0 Å². The minimum atomic E-state index is -0.426. The fourth-order valence-electron chi connectivity index (χ4n) is 4.36. The molecule has 1 aliphatic rings. The standard InChI is InChI=1S/C25H25Cl2N5O2/c1-14-24(27)23(18(26)13-28-14)15(2)34-21-10-17-19(11-20(21)33-3)30-31-25(17)16-6-7-22(29-12-16)32-8-4-5-9-32/h6-7,10-13,15H,4-5,8-9H2,1-3H3,(H,30,31). The van der Waals surface area contributed by atoms with Gasteiger partial charge in [-0.25, -0.2) is 4.98 Å². The highest BCUT2D eigenvalue weighted by atomic mass is 35.5. The Morgan fingerprint density at radius 2 is 1.85 bits per heavy atom. The maximum absolute atomic E-state index is 6.49. The van der Waals surface area contributed by atoms with Crippen LogP contribution in [0, 0.1) is 6.92 Å². The molecule has 176 valence electrons. The van der Waals surface area contributed by atoms with Crippen LogP contribution in [0.2, 0.25) is 10.0 Å². The number of H-pyrrole nitrogens is 1. The van der Waals surface area contributed by atoms with E-state index in [1.54, 1.807) is 13.3 Å². The second-order valence-corrected chi connectivity index (χ2v) is 9.18. The monoisotopic (exact) mass is 497 g/mol. The van der Waals surface area contributed by atoms with Crippen LogP contribution >= 0.6 is 23.2 Å². The number of fused-ring (bicyclic) bond motifs is 1. The van der Waals surface area contributed by atoms with Crippen LogP contribution in [0.3, 0.4) is 0 Å². The van der Waals surface area contributed by atoms with Gasteiger partial charge in [0.15, 0.2) is 11.5 Å². The second kappa shape index (κ2) is 9.31. The number of halogens is 2. The average molecular weight is 498 g/mol. The Morgan fingerprint density at radius 3 is 2.56 bits per heavy atom. The fourth-order valence-corrected chi connectivity index (χ4v) is 5.01. The third kappa shape index (κ3) is 4.14. The highest BCUT2D eigenvalue weighted by Crippen LogP contribution is 2.40. The van der Waals surface area contributed by atoms with Gasteiger partial charge in [-0.3, -0.25) is 10.1 Å². The van der Waals surface area contributed by atoms with Crippen molar-refractivity contribution in [1.82, 2.24) is 20.2 Å². The number of ether oxygens (including phenoxy) is 2. The minimum Gasteiger partial charge on any atom is -0.493 e. The number of anilines is 1. The smallest absolute Gasteiger partial charge is 0.162 e. The molecule has 4 aromatic rings. The Bertz CT molecular complexity index is 1330. The number of benzene rings is 1.